The van der Waals surface area contributed by atoms with Gasteiger partial charge in [0.15, 0.2) is 0 Å². The molecule has 0 amide bonds. The minimum absolute atomic E-state index is 0.318. The van der Waals surface area contributed by atoms with Crippen LogP contribution in [0.4, 0.5) is 0 Å². The van der Waals surface area contributed by atoms with E-state index in [1.807, 2.05) is 13.8 Å². The maximum atomic E-state index is 10.7. The van der Waals surface area contributed by atoms with Crippen molar-refractivity contribution in [1.29, 1.82) is 0 Å². The predicted octanol–water partition coefficient (Wildman–Crippen LogP) is 2.70. The maximum absolute atomic E-state index is 10.7. The molecule has 0 radical (unpaired) electrons. The molecule has 15 heavy (non-hydrogen) atoms. The van der Waals surface area contributed by atoms with E-state index in [1.54, 1.807) is 0 Å². The quantitative estimate of drug-likeness (QED) is 0.336. The molecule has 0 aromatic rings. The fourth-order valence-electron chi connectivity index (χ4n) is 1.11. The van der Waals surface area contributed by atoms with Crippen molar-refractivity contribution in [3.05, 3.63) is 12.7 Å². The van der Waals surface area contributed by atoms with Gasteiger partial charge in [0.1, 0.15) is 0 Å². The van der Waals surface area contributed by atoms with Gasteiger partial charge in [-0.2, -0.15) is 0 Å². The first-order valence-corrected chi connectivity index (χ1v) is 5.57. The van der Waals surface area contributed by atoms with Gasteiger partial charge in [-0.15, -0.1) is 0 Å². The standard InChI is InChI=1S/C12H22O3/c1-4-12(13)15-10-8-6-5-7-9-14-11(2)3/h4,11H,1,5-10H2,2-3H3. The van der Waals surface area contributed by atoms with E-state index >= 15 is 0 Å². The molecule has 0 unspecified atom stereocenters. The molecule has 0 fully saturated rings. The second-order valence-electron chi connectivity index (χ2n) is 3.71. The summed E-state index contributed by atoms with van der Waals surface area (Å²) < 4.78 is 10.3. The molecule has 0 heterocycles. The lowest BCUT2D eigenvalue weighted by Gasteiger charge is -2.06. The van der Waals surface area contributed by atoms with Crippen molar-refractivity contribution in [2.75, 3.05) is 13.2 Å². The molecule has 0 saturated heterocycles. The van der Waals surface area contributed by atoms with Crippen molar-refractivity contribution < 1.29 is 14.3 Å². The summed E-state index contributed by atoms with van der Waals surface area (Å²) in [5.41, 5.74) is 0. The molecule has 0 aliphatic carbocycles. The van der Waals surface area contributed by atoms with Crippen molar-refractivity contribution in [3.63, 3.8) is 0 Å². The van der Waals surface area contributed by atoms with Gasteiger partial charge in [-0.25, -0.2) is 4.79 Å². The monoisotopic (exact) mass is 214 g/mol. The van der Waals surface area contributed by atoms with Gasteiger partial charge in [0, 0.05) is 12.7 Å². The number of hydrogen-bond acceptors (Lipinski definition) is 3. The molecule has 0 saturated carbocycles. The van der Waals surface area contributed by atoms with Crippen molar-refractivity contribution in [1.82, 2.24) is 0 Å². The lowest BCUT2D eigenvalue weighted by atomic mass is 10.2. The van der Waals surface area contributed by atoms with Crippen LogP contribution in [-0.4, -0.2) is 25.3 Å². The molecular weight excluding hydrogens is 192 g/mol. The number of carbonyl (C=O) groups is 1. The summed E-state index contributed by atoms with van der Waals surface area (Å²) in [7, 11) is 0. The Labute approximate surface area is 92.5 Å². The van der Waals surface area contributed by atoms with E-state index < -0.39 is 0 Å². The van der Waals surface area contributed by atoms with Gasteiger partial charge in [-0.05, 0) is 33.1 Å². The first kappa shape index (κ1) is 14.2. The van der Waals surface area contributed by atoms with Gasteiger partial charge in [0.25, 0.3) is 0 Å². The molecule has 0 aromatic heterocycles. The van der Waals surface area contributed by atoms with Gasteiger partial charge < -0.3 is 9.47 Å². The average Bonchev–Trinajstić information content (AvgIpc) is 2.21. The van der Waals surface area contributed by atoms with Crippen LogP contribution in [0.5, 0.6) is 0 Å². The van der Waals surface area contributed by atoms with E-state index in [0.29, 0.717) is 12.7 Å². The lowest BCUT2D eigenvalue weighted by molar-refractivity contribution is -0.137. The Hall–Kier alpha value is -0.830. The van der Waals surface area contributed by atoms with E-state index in [1.165, 1.54) is 6.08 Å². The minimum atomic E-state index is -0.335. The highest BCUT2D eigenvalue weighted by atomic mass is 16.5. The Kier molecular flexibility index (Phi) is 9.18. The zero-order valence-corrected chi connectivity index (χ0v) is 9.83. The highest BCUT2D eigenvalue weighted by Gasteiger charge is 1.96. The van der Waals surface area contributed by atoms with Crippen molar-refractivity contribution in [2.45, 2.75) is 45.6 Å². The third kappa shape index (κ3) is 11.1. The molecule has 0 spiro atoms. The lowest BCUT2D eigenvalue weighted by Crippen LogP contribution is -2.04. The van der Waals surface area contributed by atoms with Crippen LogP contribution >= 0.6 is 0 Å². The molecule has 0 bridgehead atoms. The molecule has 3 heteroatoms. The highest BCUT2D eigenvalue weighted by Crippen LogP contribution is 2.01. The first-order valence-electron chi connectivity index (χ1n) is 5.57. The van der Waals surface area contributed by atoms with Crippen LogP contribution in [0, 0.1) is 0 Å². The van der Waals surface area contributed by atoms with Crippen LogP contribution < -0.4 is 0 Å². The van der Waals surface area contributed by atoms with E-state index in [9.17, 15) is 4.79 Å². The average molecular weight is 214 g/mol. The molecule has 3 nitrogen and oxygen atoms in total. The van der Waals surface area contributed by atoms with E-state index in [-0.39, 0.29) is 5.97 Å². The van der Waals surface area contributed by atoms with Crippen LogP contribution in [0.3, 0.4) is 0 Å². The summed E-state index contributed by atoms with van der Waals surface area (Å²) in [5, 5.41) is 0. The molecule has 0 rings (SSSR count). The summed E-state index contributed by atoms with van der Waals surface area (Å²) in [6.45, 7) is 8.72. The SMILES string of the molecule is C=CC(=O)OCCCCCCOC(C)C. The van der Waals surface area contributed by atoms with E-state index in [0.717, 1.165) is 32.3 Å². The van der Waals surface area contributed by atoms with E-state index in [4.69, 9.17) is 9.47 Å². The third-order valence-corrected chi connectivity index (χ3v) is 1.90. The Balaban J connectivity index is 3.05. The largest absolute Gasteiger partial charge is 0.463 e. The maximum Gasteiger partial charge on any atom is 0.330 e. The van der Waals surface area contributed by atoms with Crippen molar-refractivity contribution in [3.8, 4) is 0 Å². The number of carbonyl (C=O) groups excluding carboxylic acids is 1. The summed E-state index contributed by atoms with van der Waals surface area (Å²) in [4.78, 5) is 10.7. The summed E-state index contributed by atoms with van der Waals surface area (Å²) >= 11 is 0. The second kappa shape index (κ2) is 9.71. The van der Waals surface area contributed by atoms with Crippen LogP contribution in [0.15, 0.2) is 12.7 Å². The Morgan fingerprint density at radius 3 is 2.33 bits per heavy atom. The molecule has 0 aliphatic heterocycles. The highest BCUT2D eigenvalue weighted by molar-refractivity contribution is 5.81. The Morgan fingerprint density at radius 1 is 1.20 bits per heavy atom. The molecule has 0 atom stereocenters. The van der Waals surface area contributed by atoms with Gasteiger partial charge in [-0.3, -0.25) is 0 Å². The van der Waals surface area contributed by atoms with Gasteiger partial charge in [0.05, 0.1) is 12.7 Å². The summed E-state index contributed by atoms with van der Waals surface area (Å²) in [6, 6.07) is 0. The number of hydrogen-bond donors (Lipinski definition) is 0. The summed E-state index contributed by atoms with van der Waals surface area (Å²) in [5.74, 6) is -0.335. The molecule has 0 aliphatic rings. The zero-order valence-electron chi connectivity index (χ0n) is 9.83. The summed E-state index contributed by atoms with van der Waals surface area (Å²) in [6.07, 6.45) is 5.70. The normalized spacial score (nSPS) is 10.3. The fraction of sp³-hybridized carbons (Fsp3) is 0.750. The van der Waals surface area contributed by atoms with Crippen molar-refractivity contribution in [2.24, 2.45) is 0 Å². The van der Waals surface area contributed by atoms with Crippen LogP contribution in [0.25, 0.3) is 0 Å². The molecule has 88 valence electrons. The van der Waals surface area contributed by atoms with Gasteiger partial charge in [0.2, 0.25) is 0 Å². The Bertz CT molecular complexity index is 176. The number of unbranched alkanes of at least 4 members (excludes halogenated alkanes) is 3. The number of ether oxygens (including phenoxy) is 2. The number of rotatable bonds is 9. The predicted molar refractivity (Wildman–Crippen MR) is 60.7 cm³/mol. The smallest absolute Gasteiger partial charge is 0.330 e. The van der Waals surface area contributed by atoms with Crippen LogP contribution in [0.2, 0.25) is 0 Å². The third-order valence-electron chi connectivity index (χ3n) is 1.90. The van der Waals surface area contributed by atoms with Crippen LogP contribution in [0.1, 0.15) is 39.5 Å². The zero-order chi connectivity index (χ0) is 11.5. The Morgan fingerprint density at radius 2 is 1.80 bits per heavy atom. The second-order valence-corrected chi connectivity index (χ2v) is 3.71. The minimum Gasteiger partial charge on any atom is -0.463 e. The van der Waals surface area contributed by atoms with Gasteiger partial charge >= 0.3 is 5.97 Å². The van der Waals surface area contributed by atoms with Gasteiger partial charge in [-0.1, -0.05) is 13.0 Å². The van der Waals surface area contributed by atoms with Crippen LogP contribution in [-0.2, 0) is 14.3 Å². The van der Waals surface area contributed by atoms with Crippen molar-refractivity contribution >= 4 is 5.97 Å². The fourth-order valence-corrected chi connectivity index (χ4v) is 1.11. The topological polar surface area (TPSA) is 35.5 Å². The molecular formula is C12H22O3. The van der Waals surface area contributed by atoms with E-state index in [2.05, 4.69) is 6.58 Å². The number of esters is 1. The molecule has 0 aromatic carbocycles. The molecule has 0 N–H and O–H groups in total. The first-order chi connectivity index (χ1) is 7.16.